The lowest BCUT2D eigenvalue weighted by Crippen LogP contribution is -2.09. The van der Waals surface area contributed by atoms with Crippen LogP contribution in [-0.2, 0) is 4.79 Å². The standard InChI is InChI=1S/C24H20N4O3/c1-15(29)25-19-11-7-18(8-12-19)24-26-21(16-5-3-2-4-6-16)23-22(27(23)24)17-9-13-20(14-10-17)28(30)31/h2-14,22-24H,1H3,(H,25,29)/t22-,23-,24-,27?/m1/s1. The molecule has 1 fully saturated rings. The molecule has 7 nitrogen and oxygen atoms in total. The summed E-state index contributed by atoms with van der Waals surface area (Å²) in [4.78, 5) is 29.3. The highest BCUT2D eigenvalue weighted by molar-refractivity contribution is 6.08. The van der Waals surface area contributed by atoms with Crippen molar-refractivity contribution in [3.8, 4) is 0 Å². The molecule has 3 aromatic rings. The number of hydrogen-bond acceptors (Lipinski definition) is 5. The smallest absolute Gasteiger partial charge is 0.269 e. The number of carbonyl (C=O) groups excluding carboxylic acids is 1. The molecule has 1 unspecified atom stereocenters. The maximum absolute atomic E-state index is 11.3. The fraction of sp³-hybridized carbons (Fsp3) is 0.167. The Kier molecular flexibility index (Phi) is 4.60. The lowest BCUT2D eigenvalue weighted by Gasteiger charge is -2.15. The largest absolute Gasteiger partial charge is 0.326 e. The van der Waals surface area contributed by atoms with E-state index >= 15 is 0 Å². The van der Waals surface area contributed by atoms with Gasteiger partial charge in [-0.15, -0.1) is 0 Å². The zero-order valence-electron chi connectivity index (χ0n) is 16.8. The lowest BCUT2D eigenvalue weighted by molar-refractivity contribution is -0.384. The topological polar surface area (TPSA) is 87.6 Å². The van der Waals surface area contributed by atoms with Crippen molar-refractivity contribution < 1.29 is 9.72 Å². The summed E-state index contributed by atoms with van der Waals surface area (Å²) in [6.45, 7) is 1.48. The van der Waals surface area contributed by atoms with Crippen LogP contribution in [0.15, 0.2) is 83.9 Å². The van der Waals surface area contributed by atoms with Crippen molar-refractivity contribution in [2.75, 3.05) is 5.32 Å². The van der Waals surface area contributed by atoms with Crippen LogP contribution in [0.5, 0.6) is 0 Å². The molecule has 4 atom stereocenters. The molecule has 2 heterocycles. The van der Waals surface area contributed by atoms with Gasteiger partial charge in [-0.05, 0) is 28.8 Å². The van der Waals surface area contributed by atoms with E-state index < -0.39 is 0 Å². The number of rotatable bonds is 5. The zero-order valence-corrected chi connectivity index (χ0v) is 16.8. The van der Waals surface area contributed by atoms with Crippen LogP contribution in [0, 0.1) is 10.1 Å². The molecule has 0 bridgehead atoms. The van der Waals surface area contributed by atoms with E-state index in [1.807, 2.05) is 54.6 Å². The number of non-ortho nitro benzene ring substituents is 1. The molecular weight excluding hydrogens is 392 g/mol. The van der Waals surface area contributed by atoms with E-state index in [1.165, 1.54) is 6.92 Å². The first kappa shape index (κ1) is 19.1. The van der Waals surface area contributed by atoms with Gasteiger partial charge in [-0.2, -0.15) is 0 Å². The molecule has 0 aromatic heterocycles. The number of nitro benzene ring substituents is 1. The number of anilines is 1. The fourth-order valence-corrected chi connectivity index (χ4v) is 4.31. The van der Waals surface area contributed by atoms with Crippen LogP contribution in [-0.4, -0.2) is 27.5 Å². The minimum absolute atomic E-state index is 0.0895. The van der Waals surface area contributed by atoms with Crippen molar-refractivity contribution in [1.82, 2.24) is 4.90 Å². The third-order valence-electron chi connectivity index (χ3n) is 5.72. The van der Waals surface area contributed by atoms with E-state index in [4.69, 9.17) is 4.99 Å². The average Bonchev–Trinajstić information content (AvgIpc) is 3.38. The lowest BCUT2D eigenvalue weighted by atomic mass is 10.0. The third kappa shape index (κ3) is 3.49. The molecule has 1 amide bonds. The molecule has 3 aromatic carbocycles. The highest BCUT2D eigenvalue weighted by Crippen LogP contribution is 2.55. The van der Waals surface area contributed by atoms with Gasteiger partial charge >= 0.3 is 0 Å². The second-order valence-corrected chi connectivity index (χ2v) is 7.74. The highest BCUT2D eigenvalue weighted by atomic mass is 16.6. The molecule has 2 aliphatic rings. The molecule has 0 radical (unpaired) electrons. The predicted octanol–water partition coefficient (Wildman–Crippen LogP) is 4.48. The number of nitrogens with zero attached hydrogens (tertiary/aromatic N) is 3. The van der Waals surface area contributed by atoms with Gasteiger partial charge in [0.25, 0.3) is 5.69 Å². The number of aliphatic imine (C=N–C) groups is 1. The fourth-order valence-electron chi connectivity index (χ4n) is 4.31. The van der Waals surface area contributed by atoms with Crippen LogP contribution in [0.1, 0.15) is 35.8 Å². The molecule has 31 heavy (non-hydrogen) atoms. The van der Waals surface area contributed by atoms with Gasteiger partial charge in [0.05, 0.1) is 22.7 Å². The van der Waals surface area contributed by atoms with Crippen LogP contribution in [0.25, 0.3) is 0 Å². The summed E-state index contributed by atoms with van der Waals surface area (Å²) >= 11 is 0. The number of carbonyl (C=O) groups is 1. The number of nitrogens with one attached hydrogen (secondary N) is 1. The number of fused-ring (bicyclic) bond motifs is 1. The van der Waals surface area contributed by atoms with E-state index in [1.54, 1.807) is 12.1 Å². The Morgan fingerprint density at radius 3 is 2.19 bits per heavy atom. The Labute approximate surface area is 179 Å². The normalized spacial score (nSPS) is 23.6. The van der Waals surface area contributed by atoms with E-state index in [2.05, 4.69) is 22.3 Å². The monoisotopic (exact) mass is 412 g/mol. The second kappa shape index (κ2) is 7.45. The van der Waals surface area contributed by atoms with Crippen molar-refractivity contribution in [3.63, 3.8) is 0 Å². The SMILES string of the molecule is CC(=O)Nc1ccc([C@@H]2N=C(c3ccccc3)[C@@H]3[C@@H](c4ccc([N+](=O)[O-])cc4)N32)cc1. The summed E-state index contributed by atoms with van der Waals surface area (Å²) in [7, 11) is 0. The Morgan fingerprint density at radius 1 is 0.935 bits per heavy atom. The number of amides is 1. The van der Waals surface area contributed by atoms with Gasteiger partial charge in [-0.3, -0.25) is 24.8 Å². The maximum Gasteiger partial charge on any atom is 0.269 e. The number of benzene rings is 3. The summed E-state index contributed by atoms with van der Waals surface area (Å²) in [5.74, 6) is -0.109. The molecule has 154 valence electrons. The van der Waals surface area contributed by atoms with Crippen molar-refractivity contribution in [2.24, 2.45) is 4.99 Å². The van der Waals surface area contributed by atoms with Crippen molar-refractivity contribution in [1.29, 1.82) is 0 Å². The van der Waals surface area contributed by atoms with Gasteiger partial charge in [0.2, 0.25) is 5.91 Å². The zero-order chi connectivity index (χ0) is 21.5. The molecule has 1 N–H and O–H groups in total. The van der Waals surface area contributed by atoms with Crippen molar-refractivity contribution in [2.45, 2.75) is 25.2 Å². The van der Waals surface area contributed by atoms with Gasteiger partial charge in [-0.1, -0.05) is 54.6 Å². The van der Waals surface area contributed by atoms with Crippen LogP contribution < -0.4 is 5.32 Å². The minimum Gasteiger partial charge on any atom is -0.326 e. The predicted molar refractivity (Wildman–Crippen MR) is 118 cm³/mol. The molecule has 0 spiro atoms. The minimum atomic E-state index is -0.381. The third-order valence-corrected chi connectivity index (χ3v) is 5.72. The number of hydrogen-bond donors (Lipinski definition) is 1. The van der Waals surface area contributed by atoms with Gasteiger partial charge < -0.3 is 5.32 Å². The maximum atomic E-state index is 11.3. The summed E-state index contributed by atoms with van der Waals surface area (Å²) < 4.78 is 0. The molecule has 2 aliphatic heterocycles. The summed E-state index contributed by atoms with van der Waals surface area (Å²) in [5, 5.41) is 13.8. The van der Waals surface area contributed by atoms with Gasteiger partial charge in [-0.25, -0.2) is 0 Å². The van der Waals surface area contributed by atoms with Crippen LogP contribution in [0.2, 0.25) is 0 Å². The van der Waals surface area contributed by atoms with Crippen LogP contribution in [0.4, 0.5) is 11.4 Å². The molecule has 7 heteroatoms. The summed E-state index contributed by atoms with van der Waals surface area (Å²) in [5.41, 5.74) is 5.02. The van der Waals surface area contributed by atoms with Gasteiger partial charge in [0.15, 0.2) is 0 Å². The quantitative estimate of drug-likeness (QED) is 0.380. The molecule has 0 aliphatic carbocycles. The van der Waals surface area contributed by atoms with Crippen LogP contribution >= 0.6 is 0 Å². The molecule has 1 saturated heterocycles. The van der Waals surface area contributed by atoms with Gasteiger partial charge in [0.1, 0.15) is 6.17 Å². The first-order chi connectivity index (χ1) is 15.0. The summed E-state index contributed by atoms with van der Waals surface area (Å²) in [6.07, 6.45) is -0.147. The Morgan fingerprint density at radius 2 is 1.58 bits per heavy atom. The summed E-state index contributed by atoms with van der Waals surface area (Å²) in [6, 6.07) is 24.9. The Hall–Kier alpha value is -3.84. The van der Waals surface area contributed by atoms with E-state index in [0.29, 0.717) is 0 Å². The molecular formula is C24H20N4O3. The molecule has 5 rings (SSSR count). The van der Waals surface area contributed by atoms with E-state index in [0.717, 1.165) is 28.1 Å². The Bertz CT molecular complexity index is 1170. The van der Waals surface area contributed by atoms with Crippen LogP contribution in [0.3, 0.4) is 0 Å². The van der Waals surface area contributed by atoms with Crippen molar-refractivity contribution in [3.05, 3.63) is 106 Å². The first-order valence-electron chi connectivity index (χ1n) is 10.1. The average molecular weight is 412 g/mol. The second-order valence-electron chi connectivity index (χ2n) is 7.74. The van der Waals surface area contributed by atoms with Gasteiger partial charge in [0, 0.05) is 24.7 Å². The highest BCUT2D eigenvalue weighted by Gasteiger charge is 2.59. The molecule has 0 saturated carbocycles. The van der Waals surface area contributed by atoms with E-state index in [-0.39, 0.29) is 34.8 Å². The first-order valence-corrected chi connectivity index (χ1v) is 10.1. The van der Waals surface area contributed by atoms with Crippen molar-refractivity contribution >= 4 is 23.0 Å². The van der Waals surface area contributed by atoms with E-state index in [9.17, 15) is 14.9 Å². The Balaban J connectivity index is 1.48. The number of nitro groups is 1.